The van der Waals surface area contributed by atoms with E-state index in [4.69, 9.17) is 14.2 Å². The number of morpholine rings is 1. The molecule has 220 valence electrons. The number of fused-ring (bicyclic) bond motifs is 1. The maximum absolute atomic E-state index is 14.9. The number of pyridine rings is 2. The summed E-state index contributed by atoms with van der Waals surface area (Å²) in [6, 6.07) is 14.1. The largest absolute Gasteiger partial charge is 0.497 e. The first-order valence-electron chi connectivity index (χ1n) is 13.7. The van der Waals surface area contributed by atoms with Crippen molar-refractivity contribution in [2.75, 3.05) is 38.9 Å². The van der Waals surface area contributed by atoms with Crippen molar-refractivity contribution >= 4 is 17.5 Å². The maximum Gasteiger partial charge on any atom is 0.256 e. The average molecular weight is 587 g/mol. The lowest BCUT2D eigenvalue weighted by atomic mass is 9.98. The SMILES string of the molecule is COc1ccc(CN2Cc3nc(-c4c(F)cccc4F)cc(Cc4ccc(N5CCOCC5=O)cn4)c3C2=O)c(OC)c1. The predicted molar refractivity (Wildman–Crippen MR) is 153 cm³/mol. The molecule has 0 atom stereocenters. The van der Waals surface area contributed by atoms with Gasteiger partial charge in [-0.2, -0.15) is 0 Å². The molecule has 2 aliphatic heterocycles. The molecule has 9 nitrogen and oxygen atoms in total. The Morgan fingerprint density at radius 3 is 2.47 bits per heavy atom. The van der Waals surface area contributed by atoms with Crippen LogP contribution in [-0.4, -0.2) is 60.7 Å². The first kappa shape index (κ1) is 28.2. The molecule has 2 aliphatic rings. The van der Waals surface area contributed by atoms with Crippen LogP contribution in [0, 0.1) is 11.6 Å². The van der Waals surface area contributed by atoms with Gasteiger partial charge in [-0.25, -0.2) is 13.8 Å². The molecule has 1 saturated heterocycles. The highest BCUT2D eigenvalue weighted by Crippen LogP contribution is 2.35. The van der Waals surface area contributed by atoms with Crippen LogP contribution < -0.4 is 14.4 Å². The van der Waals surface area contributed by atoms with Gasteiger partial charge in [0.1, 0.15) is 29.7 Å². The molecule has 2 aromatic heterocycles. The number of ether oxygens (including phenoxy) is 3. The number of halogens is 2. The predicted octanol–water partition coefficient (Wildman–Crippen LogP) is 4.55. The molecule has 0 radical (unpaired) electrons. The van der Waals surface area contributed by atoms with Crippen molar-refractivity contribution in [1.82, 2.24) is 14.9 Å². The summed E-state index contributed by atoms with van der Waals surface area (Å²) in [5, 5.41) is 0. The molecule has 0 saturated carbocycles. The van der Waals surface area contributed by atoms with Gasteiger partial charge in [0.05, 0.1) is 68.3 Å². The molecule has 0 unspecified atom stereocenters. The van der Waals surface area contributed by atoms with Crippen molar-refractivity contribution in [3.63, 3.8) is 0 Å². The van der Waals surface area contributed by atoms with Crippen LogP contribution >= 0.6 is 0 Å². The third-order valence-electron chi connectivity index (χ3n) is 7.57. The highest BCUT2D eigenvalue weighted by molar-refractivity contribution is 6.00. The standard InChI is InChI=1S/C32H28F2N4O5/c1-41-23-9-6-19(28(14-23)42-2)16-37-17-27-30(32(37)40)20(13-26(36-27)31-24(33)4-3-5-25(31)34)12-21-7-8-22(15-35-21)38-10-11-43-18-29(38)39/h3-9,13-15H,10-12,16-18H2,1-2H3. The van der Waals surface area contributed by atoms with Crippen LogP contribution in [0.3, 0.4) is 0 Å². The number of benzene rings is 2. The third kappa shape index (κ3) is 5.51. The van der Waals surface area contributed by atoms with Crippen LogP contribution in [0.5, 0.6) is 11.5 Å². The van der Waals surface area contributed by atoms with Gasteiger partial charge in [0.15, 0.2) is 0 Å². The highest BCUT2D eigenvalue weighted by Gasteiger charge is 2.33. The Hall–Kier alpha value is -4.90. The van der Waals surface area contributed by atoms with E-state index in [-0.39, 0.29) is 49.2 Å². The summed E-state index contributed by atoms with van der Waals surface area (Å²) in [6.45, 7) is 1.25. The van der Waals surface area contributed by atoms with Crippen molar-refractivity contribution in [2.24, 2.45) is 0 Å². The molecule has 11 heteroatoms. The zero-order valence-corrected chi connectivity index (χ0v) is 23.6. The summed E-state index contributed by atoms with van der Waals surface area (Å²) >= 11 is 0. The molecule has 1 fully saturated rings. The Bertz CT molecular complexity index is 1690. The van der Waals surface area contributed by atoms with Crippen LogP contribution in [0.1, 0.15) is 32.9 Å². The molecular formula is C32H28F2N4O5. The Morgan fingerprint density at radius 1 is 0.953 bits per heavy atom. The quantitative estimate of drug-likeness (QED) is 0.299. The van der Waals surface area contributed by atoms with Crippen LogP contribution in [0.4, 0.5) is 14.5 Å². The average Bonchev–Trinajstić information content (AvgIpc) is 3.32. The first-order chi connectivity index (χ1) is 20.9. The van der Waals surface area contributed by atoms with Gasteiger partial charge in [0, 0.05) is 30.3 Å². The van der Waals surface area contributed by atoms with Gasteiger partial charge in [-0.15, -0.1) is 0 Å². The Kier molecular flexibility index (Phi) is 7.73. The minimum absolute atomic E-state index is 0.0152. The molecule has 6 rings (SSSR count). The molecule has 0 bridgehead atoms. The number of methoxy groups -OCH3 is 2. The zero-order chi connectivity index (χ0) is 30.1. The Morgan fingerprint density at radius 2 is 1.77 bits per heavy atom. The van der Waals surface area contributed by atoms with E-state index in [1.54, 1.807) is 60.5 Å². The number of rotatable bonds is 8. The van der Waals surface area contributed by atoms with Gasteiger partial charge in [0.2, 0.25) is 0 Å². The van der Waals surface area contributed by atoms with E-state index in [0.717, 1.165) is 5.56 Å². The topological polar surface area (TPSA) is 94.1 Å². The minimum atomic E-state index is -0.750. The monoisotopic (exact) mass is 586 g/mol. The molecule has 4 heterocycles. The zero-order valence-electron chi connectivity index (χ0n) is 23.6. The van der Waals surface area contributed by atoms with Gasteiger partial charge in [-0.05, 0) is 48.0 Å². The van der Waals surface area contributed by atoms with E-state index in [1.807, 2.05) is 6.07 Å². The van der Waals surface area contributed by atoms with Gasteiger partial charge < -0.3 is 24.0 Å². The van der Waals surface area contributed by atoms with E-state index >= 15 is 0 Å². The fourth-order valence-electron chi connectivity index (χ4n) is 5.43. The number of hydrogen-bond acceptors (Lipinski definition) is 7. The van der Waals surface area contributed by atoms with Gasteiger partial charge in [0.25, 0.3) is 11.8 Å². The summed E-state index contributed by atoms with van der Waals surface area (Å²) in [7, 11) is 3.10. The van der Waals surface area contributed by atoms with Crippen LogP contribution in [0.15, 0.2) is 60.8 Å². The molecule has 0 N–H and O–H groups in total. The molecule has 0 aliphatic carbocycles. The smallest absolute Gasteiger partial charge is 0.256 e. The normalized spacial score (nSPS) is 14.7. The third-order valence-corrected chi connectivity index (χ3v) is 7.57. The van der Waals surface area contributed by atoms with Crippen molar-refractivity contribution in [1.29, 1.82) is 0 Å². The number of nitrogens with zero attached hydrogens (tertiary/aromatic N) is 4. The molecule has 0 spiro atoms. The number of amides is 2. The number of carbonyl (C=O) groups is 2. The number of carbonyl (C=O) groups excluding carboxylic acids is 2. The lowest BCUT2D eigenvalue weighted by Gasteiger charge is -2.26. The van der Waals surface area contributed by atoms with Crippen LogP contribution in [-0.2, 0) is 29.0 Å². The lowest BCUT2D eigenvalue weighted by molar-refractivity contribution is -0.125. The fourth-order valence-corrected chi connectivity index (χ4v) is 5.43. The summed E-state index contributed by atoms with van der Waals surface area (Å²) in [4.78, 5) is 38.4. The molecule has 2 amide bonds. The second-order valence-electron chi connectivity index (χ2n) is 10.2. The van der Waals surface area contributed by atoms with Crippen LogP contribution in [0.25, 0.3) is 11.3 Å². The number of anilines is 1. The Balaban J connectivity index is 1.36. The second-order valence-corrected chi connectivity index (χ2v) is 10.2. The van der Waals surface area contributed by atoms with Gasteiger partial charge in [-0.3, -0.25) is 14.6 Å². The van der Waals surface area contributed by atoms with Crippen molar-refractivity contribution in [3.8, 4) is 22.8 Å². The Labute approximate surface area is 246 Å². The van der Waals surface area contributed by atoms with E-state index < -0.39 is 11.6 Å². The summed E-state index contributed by atoms with van der Waals surface area (Å²) in [5.74, 6) is -0.725. The number of aromatic nitrogens is 2. The van der Waals surface area contributed by atoms with Crippen LogP contribution in [0.2, 0.25) is 0 Å². The summed E-state index contributed by atoms with van der Waals surface area (Å²) in [6.07, 6.45) is 1.80. The maximum atomic E-state index is 14.9. The fraction of sp³-hybridized carbons (Fsp3) is 0.250. The summed E-state index contributed by atoms with van der Waals surface area (Å²) < 4.78 is 45.7. The van der Waals surface area contributed by atoms with Crippen molar-refractivity contribution in [2.45, 2.75) is 19.5 Å². The molecular weight excluding hydrogens is 558 g/mol. The number of hydrogen-bond donors (Lipinski definition) is 0. The summed E-state index contributed by atoms with van der Waals surface area (Å²) in [5.41, 5.74) is 3.19. The van der Waals surface area contributed by atoms with Crippen molar-refractivity contribution < 1.29 is 32.6 Å². The first-order valence-corrected chi connectivity index (χ1v) is 13.7. The highest BCUT2D eigenvalue weighted by atomic mass is 19.1. The van der Waals surface area contributed by atoms with E-state index in [0.29, 0.717) is 52.9 Å². The van der Waals surface area contributed by atoms with E-state index in [2.05, 4.69) is 9.97 Å². The van der Waals surface area contributed by atoms with Crippen molar-refractivity contribution in [3.05, 3.63) is 101 Å². The minimum Gasteiger partial charge on any atom is -0.497 e. The van der Waals surface area contributed by atoms with Gasteiger partial charge >= 0.3 is 0 Å². The second kappa shape index (κ2) is 11.8. The molecule has 2 aromatic carbocycles. The van der Waals surface area contributed by atoms with E-state index in [9.17, 15) is 18.4 Å². The lowest BCUT2D eigenvalue weighted by Crippen LogP contribution is -2.41. The molecule has 43 heavy (non-hydrogen) atoms. The molecule has 4 aromatic rings. The van der Waals surface area contributed by atoms with E-state index in [1.165, 1.54) is 18.2 Å². The van der Waals surface area contributed by atoms with Gasteiger partial charge in [-0.1, -0.05) is 6.07 Å².